The molecule has 2 N–H and O–H groups in total. The van der Waals surface area contributed by atoms with E-state index in [1.807, 2.05) is 12.4 Å². The van der Waals surface area contributed by atoms with Gasteiger partial charge in [-0.15, -0.1) is 0 Å². The molecule has 0 unspecified atom stereocenters. The predicted octanol–water partition coefficient (Wildman–Crippen LogP) is 3.65. The van der Waals surface area contributed by atoms with Gasteiger partial charge in [-0.1, -0.05) is 25.7 Å². The van der Waals surface area contributed by atoms with Crippen LogP contribution in [0, 0.1) is 0 Å². The second kappa shape index (κ2) is 6.48. The van der Waals surface area contributed by atoms with Gasteiger partial charge in [-0.3, -0.25) is 4.98 Å². The minimum Gasteiger partial charge on any atom is -0.384 e. The number of hydrogen-bond donors (Lipinski definition) is 2. The highest BCUT2D eigenvalue weighted by molar-refractivity contribution is 5.54. The van der Waals surface area contributed by atoms with Crippen LogP contribution in [0.1, 0.15) is 45.4 Å². The van der Waals surface area contributed by atoms with E-state index in [4.69, 9.17) is 0 Å². The van der Waals surface area contributed by atoms with E-state index in [0.717, 1.165) is 17.9 Å². The lowest BCUT2D eigenvalue weighted by Gasteiger charge is -2.17. The second-order valence-electron chi connectivity index (χ2n) is 4.83. The molecule has 1 fully saturated rings. The molecule has 1 heterocycles. The molecule has 1 aromatic rings. The molecule has 3 nitrogen and oxygen atoms in total. The van der Waals surface area contributed by atoms with Gasteiger partial charge in [-0.2, -0.15) is 0 Å². The lowest BCUT2D eigenvalue weighted by atomic mass is 10.1. The molecule has 94 valence electrons. The van der Waals surface area contributed by atoms with E-state index in [9.17, 15) is 0 Å². The first-order valence-corrected chi connectivity index (χ1v) is 6.84. The largest absolute Gasteiger partial charge is 0.384 e. The highest BCUT2D eigenvalue weighted by atomic mass is 14.9. The SMILES string of the molecule is CCNc1cncc(NC2CCCCCC2)c1. The number of hydrogen-bond acceptors (Lipinski definition) is 3. The minimum atomic E-state index is 0.635. The highest BCUT2D eigenvalue weighted by Crippen LogP contribution is 2.22. The quantitative estimate of drug-likeness (QED) is 0.779. The fourth-order valence-electron chi connectivity index (χ4n) is 2.48. The van der Waals surface area contributed by atoms with Crippen molar-refractivity contribution in [3.63, 3.8) is 0 Å². The van der Waals surface area contributed by atoms with Crippen molar-refractivity contribution in [1.82, 2.24) is 4.98 Å². The van der Waals surface area contributed by atoms with Crippen LogP contribution >= 0.6 is 0 Å². The smallest absolute Gasteiger partial charge is 0.0549 e. The summed E-state index contributed by atoms with van der Waals surface area (Å²) in [5.74, 6) is 0. The Morgan fingerprint density at radius 2 is 1.82 bits per heavy atom. The molecule has 0 aromatic carbocycles. The zero-order valence-electron chi connectivity index (χ0n) is 10.7. The second-order valence-corrected chi connectivity index (χ2v) is 4.83. The fraction of sp³-hybridized carbons (Fsp3) is 0.643. The molecular formula is C14H23N3. The van der Waals surface area contributed by atoms with Gasteiger partial charge in [-0.25, -0.2) is 0 Å². The molecule has 0 atom stereocenters. The zero-order valence-corrected chi connectivity index (χ0v) is 10.7. The summed E-state index contributed by atoms with van der Waals surface area (Å²) in [6.07, 6.45) is 11.9. The Hall–Kier alpha value is -1.25. The molecule has 1 aliphatic rings. The molecule has 2 rings (SSSR count). The molecule has 17 heavy (non-hydrogen) atoms. The van der Waals surface area contributed by atoms with Gasteiger partial charge in [0.15, 0.2) is 0 Å². The third-order valence-corrected chi connectivity index (χ3v) is 3.35. The maximum atomic E-state index is 4.27. The standard InChI is InChI=1S/C14H23N3/c1-2-16-13-9-14(11-15-10-13)17-12-7-5-3-4-6-8-12/h9-12,16-17H,2-8H2,1H3. The molecule has 0 aliphatic heterocycles. The average molecular weight is 233 g/mol. The predicted molar refractivity (Wildman–Crippen MR) is 73.5 cm³/mol. The summed E-state index contributed by atoms with van der Waals surface area (Å²) in [6.45, 7) is 3.04. The average Bonchev–Trinajstić information content (AvgIpc) is 2.59. The Morgan fingerprint density at radius 1 is 1.12 bits per heavy atom. The number of pyridine rings is 1. The number of nitrogens with one attached hydrogen (secondary N) is 2. The molecular weight excluding hydrogens is 210 g/mol. The monoisotopic (exact) mass is 233 g/mol. The molecule has 1 aliphatic carbocycles. The molecule has 0 bridgehead atoms. The van der Waals surface area contributed by atoms with Crippen LogP contribution in [0.2, 0.25) is 0 Å². The number of aromatic nitrogens is 1. The van der Waals surface area contributed by atoms with Crippen molar-refractivity contribution in [1.29, 1.82) is 0 Å². The summed E-state index contributed by atoms with van der Waals surface area (Å²) in [5.41, 5.74) is 2.25. The Labute approximate surface area is 104 Å². The molecule has 1 aromatic heterocycles. The van der Waals surface area contributed by atoms with Crippen LogP contribution in [-0.4, -0.2) is 17.6 Å². The number of rotatable bonds is 4. The summed E-state index contributed by atoms with van der Waals surface area (Å²) in [6, 6.07) is 2.79. The Morgan fingerprint density at radius 3 is 2.53 bits per heavy atom. The van der Waals surface area contributed by atoms with Gasteiger partial charge < -0.3 is 10.6 Å². The van der Waals surface area contributed by atoms with Crippen molar-refractivity contribution in [2.24, 2.45) is 0 Å². The van der Waals surface area contributed by atoms with E-state index in [1.54, 1.807) is 0 Å². The van der Waals surface area contributed by atoms with Crippen LogP contribution in [0.3, 0.4) is 0 Å². The van der Waals surface area contributed by atoms with Crippen molar-refractivity contribution < 1.29 is 0 Å². The van der Waals surface area contributed by atoms with Crippen LogP contribution in [-0.2, 0) is 0 Å². The van der Waals surface area contributed by atoms with E-state index in [0.29, 0.717) is 6.04 Å². The van der Waals surface area contributed by atoms with E-state index >= 15 is 0 Å². The van der Waals surface area contributed by atoms with Crippen molar-refractivity contribution >= 4 is 11.4 Å². The molecule has 0 amide bonds. The van der Waals surface area contributed by atoms with Crippen LogP contribution in [0.25, 0.3) is 0 Å². The summed E-state index contributed by atoms with van der Waals surface area (Å²) >= 11 is 0. The summed E-state index contributed by atoms with van der Waals surface area (Å²) in [4.78, 5) is 4.27. The Bertz CT molecular complexity index is 330. The summed E-state index contributed by atoms with van der Waals surface area (Å²) in [7, 11) is 0. The maximum absolute atomic E-state index is 4.27. The van der Waals surface area contributed by atoms with E-state index in [2.05, 4.69) is 28.6 Å². The Kier molecular flexibility index (Phi) is 4.65. The van der Waals surface area contributed by atoms with Crippen LogP contribution < -0.4 is 10.6 Å². The van der Waals surface area contributed by atoms with Gasteiger partial charge >= 0.3 is 0 Å². The van der Waals surface area contributed by atoms with Gasteiger partial charge in [0.1, 0.15) is 0 Å². The van der Waals surface area contributed by atoms with Crippen molar-refractivity contribution in [2.75, 3.05) is 17.2 Å². The summed E-state index contributed by atoms with van der Waals surface area (Å²) in [5, 5.41) is 6.91. The van der Waals surface area contributed by atoms with Crippen LogP contribution in [0.5, 0.6) is 0 Å². The number of anilines is 2. The fourth-order valence-corrected chi connectivity index (χ4v) is 2.48. The zero-order chi connectivity index (χ0) is 11.9. The van der Waals surface area contributed by atoms with E-state index < -0.39 is 0 Å². The molecule has 3 heteroatoms. The third-order valence-electron chi connectivity index (χ3n) is 3.35. The van der Waals surface area contributed by atoms with E-state index in [1.165, 1.54) is 38.5 Å². The maximum Gasteiger partial charge on any atom is 0.0549 e. The number of nitrogens with zero attached hydrogens (tertiary/aromatic N) is 1. The lowest BCUT2D eigenvalue weighted by molar-refractivity contribution is 0.620. The lowest BCUT2D eigenvalue weighted by Crippen LogP contribution is -2.18. The van der Waals surface area contributed by atoms with Gasteiger partial charge in [0.2, 0.25) is 0 Å². The van der Waals surface area contributed by atoms with Gasteiger partial charge in [0, 0.05) is 12.6 Å². The third kappa shape index (κ3) is 3.91. The molecule has 0 radical (unpaired) electrons. The van der Waals surface area contributed by atoms with Crippen molar-refractivity contribution in [3.05, 3.63) is 18.5 Å². The molecule has 0 spiro atoms. The highest BCUT2D eigenvalue weighted by Gasteiger charge is 2.11. The van der Waals surface area contributed by atoms with Crippen molar-refractivity contribution in [2.45, 2.75) is 51.5 Å². The first kappa shape index (κ1) is 12.2. The van der Waals surface area contributed by atoms with Gasteiger partial charge in [0.05, 0.1) is 23.8 Å². The summed E-state index contributed by atoms with van der Waals surface area (Å²) < 4.78 is 0. The normalized spacial score (nSPS) is 17.5. The first-order valence-electron chi connectivity index (χ1n) is 6.84. The van der Waals surface area contributed by atoms with Crippen LogP contribution in [0.15, 0.2) is 18.5 Å². The van der Waals surface area contributed by atoms with Crippen LogP contribution in [0.4, 0.5) is 11.4 Å². The first-order chi connectivity index (χ1) is 8.38. The molecule has 0 saturated heterocycles. The van der Waals surface area contributed by atoms with E-state index in [-0.39, 0.29) is 0 Å². The topological polar surface area (TPSA) is 37.0 Å². The molecule has 1 saturated carbocycles. The minimum absolute atomic E-state index is 0.635. The van der Waals surface area contributed by atoms with Gasteiger partial charge in [0.25, 0.3) is 0 Å². The Balaban J connectivity index is 1.94. The van der Waals surface area contributed by atoms with Crippen molar-refractivity contribution in [3.8, 4) is 0 Å². The van der Waals surface area contributed by atoms with Gasteiger partial charge in [-0.05, 0) is 25.8 Å².